The number of benzene rings is 2. The van der Waals surface area contributed by atoms with Crippen molar-refractivity contribution in [3.8, 4) is 17.0 Å². The summed E-state index contributed by atoms with van der Waals surface area (Å²) < 4.78 is 57.4. The molecule has 3 aromatic rings. The average Bonchev–Trinajstić information content (AvgIpc) is 2.70. The first kappa shape index (κ1) is 23.1. The van der Waals surface area contributed by atoms with Gasteiger partial charge in [-0.05, 0) is 56.1 Å². The molecule has 0 fully saturated rings. The molecule has 0 aliphatic carbocycles. The standard InChI is InChI=1S/C22H18F4N3O3/c1-28(2)12-14-8-13(9-16-18(23)4-3-5-19(16)24)10-17(21(14)29(30)31)20-7-6-15(11-27-20)32-22(25)26/h3-7,10-11,22H,9,12H2,1-2H3. The molecule has 0 aliphatic rings. The van der Waals surface area contributed by atoms with Crippen LogP contribution in [-0.2, 0) is 13.0 Å². The molecule has 10 heteroatoms. The molecule has 1 radical (unpaired) electrons. The van der Waals surface area contributed by atoms with Gasteiger partial charge in [0.15, 0.2) is 0 Å². The van der Waals surface area contributed by atoms with E-state index in [9.17, 15) is 27.7 Å². The molecule has 0 unspecified atom stereocenters. The van der Waals surface area contributed by atoms with Gasteiger partial charge in [-0.15, -0.1) is 0 Å². The van der Waals surface area contributed by atoms with Crippen molar-refractivity contribution in [3.05, 3.63) is 87.1 Å². The molecule has 6 nitrogen and oxygen atoms in total. The van der Waals surface area contributed by atoms with Gasteiger partial charge < -0.3 is 9.64 Å². The number of nitro groups is 1. The van der Waals surface area contributed by atoms with Crippen LogP contribution in [0.3, 0.4) is 0 Å². The number of halogens is 4. The van der Waals surface area contributed by atoms with E-state index in [1.807, 2.05) is 0 Å². The predicted molar refractivity (Wildman–Crippen MR) is 108 cm³/mol. The van der Waals surface area contributed by atoms with Gasteiger partial charge in [-0.2, -0.15) is 8.78 Å². The maximum absolute atomic E-state index is 14.2. The van der Waals surface area contributed by atoms with E-state index in [-0.39, 0.29) is 46.8 Å². The van der Waals surface area contributed by atoms with Crippen molar-refractivity contribution in [3.63, 3.8) is 0 Å². The number of nitro benzene ring substituents is 1. The molecule has 3 rings (SSSR count). The maximum atomic E-state index is 14.2. The topological polar surface area (TPSA) is 68.5 Å². The van der Waals surface area contributed by atoms with Gasteiger partial charge in [0.2, 0.25) is 0 Å². The molecule has 2 aromatic carbocycles. The van der Waals surface area contributed by atoms with Crippen LogP contribution in [0.5, 0.6) is 5.75 Å². The first-order valence-electron chi connectivity index (χ1n) is 9.37. The van der Waals surface area contributed by atoms with E-state index in [1.165, 1.54) is 24.3 Å². The second kappa shape index (κ2) is 9.73. The van der Waals surface area contributed by atoms with Crippen LogP contribution in [0.4, 0.5) is 23.2 Å². The number of hydrogen-bond donors (Lipinski definition) is 0. The lowest BCUT2D eigenvalue weighted by Crippen LogP contribution is -2.14. The van der Waals surface area contributed by atoms with Crippen LogP contribution in [0.15, 0.2) is 42.6 Å². The van der Waals surface area contributed by atoms with Crippen molar-refractivity contribution in [1.29, 1.82) is 0 Å². The van der Waals surface area contributed by atoms with E-state index in [0.29, 0.717) is 5.56 Å². The van der Waals surface area contributed by atoms with Crippen LogP contribution in [0.25, 0.3) is 11.3 Å². The highest BCUT2D eigenvalue weighted by molar-refractivity contribution is 5.74. The van der Waals surface area contributed by atoms with Crippen molar-refractivity contribution in [2.24, 2.45) is 0 Å². The zero-order chi connectivity index (χ0) is 23.4. The highest BCUT2D eigenvalue weighted by Crippen LogP contribution is 2.35. The molecule has 167 valence electrons. The third-order valence-electron chi connectivity index (χ3n) is 4.49. The Morgan fingerprint density at radius 3 is 2.41 bits per heavy atom. The summed E-state index contributed by atoms with van der Waals surface area (Å²) in [6, 6.07) is 10.3. The monoisotopic (exact) mass is 448 g/mol. The Bertz CT molecular complexity index is 1100. The summed E-state index contributed by atoms with van der Waals surface area (Å²) in [6.45, 7) is -2.92. The van der Waals surface area contributed by atoms with Gasteiger partial charge in [0.25, 0.3) is 5.69 Å². The SMILES string of the molecule is CN(C)Cc1[c]c(Cc2c(F)cccc2F)cc(-c2ccc(OC(F)F)cn2)c1[N+](=O)[O-]. The molecule has 0 N–H and O–H groups in total. The van der Waals surface area contributed by atoms with Crippen molar-refractivity contribution >= 4 is 5.69 Å². The Kier molecular flexibility index (Phi) is 7.04. The number of aromatic nitrogens is 1. The summed E-state index contributed by atoms with van der Waals surface area (Å²) >= 11 is 0. The third-order valence-corrected chi connectivity index (χ3v) is 4.49. The minimum absolute atomic E-state index is 0.0703. The lowest BCUT2D eigenvalue weighted by molar-refractivity contribution is -0.385. The fourth-order valence-electron chi connectivity index (χ4n) is 3.23. The summed E-state index contributed by atoms with van der Waals surface area (Å²) in [5, 5.41) is 11.9. The molecule has 1 aromatic heterocycles. The number of alkyl halides is 2. The lowest BCUT2D eigenvalue weighted by Gasteiger charge is -2.15. The lowest BCUT2D eigenvalue weighted by atomic mass is 9.95. The average molecular weight is 448 g/mol. The van der Waals surface area contributed by atoms with Gasteiger partial charge in [-0.1, -0.05) is 6.07 Å². The van der Waals surface area contributed by atoms with Gasteiger partial charge in [0, 0.05) is 18.5 Å². The van der Waals surface area contributed by atoms with Crippen LogP contribution in [-0.4, -0.2) is 35.5 Å². The molecule has 32 heavy (non-hydrogen) atoms. The van der Waals surface area contributed by atoms with Crippen molar-refractivity contribution in [2.45, 2.75) is 19.6 Å². The van der Waals surface area contributed by atoms with E-state index in [2.05, 4.69) is 15.8 Å². The van der Waals surface area contributed by atoms with Crippen molar-refractivity contribution < 1.29 is 27.2 Å². The summed E-state index contributed by atoms with van der Waals surface area (Å²) in [4.78, 5) is 17.0. The summed E-state index contributed by atoms with van der Waals surface area (Å²) in [5.41, 5.74) is 0.197. The van der Waals surface area contributed by atoms with Gasteiger partial charge in [-0.25, -0.2) is 8.78 Å². The van der Waals surface area contributed by atoms with E-state index in [1.54, 1.807) is 19.0 Å². The Balaban J connectivity index is 2.15. The molecule has 0 saturated heterocycles. The number of nitrogens with zero attached hydrogens (tertiary/aromatic N) is 3. The molecule has 0 atom stereocenters. The predicted octanol–water partition coefficient (Wildman–Crippen LogP) is 4.99. The number of ether oxygens (including phenoxy) is 1. The van der Waals surface area contributed by atoms with E-state index in [0.717, 1.165) is 18.3 Å². The minimum atomic E-state index is -3.04. The molecule has 0 bridgehead atoms. The second-order valence-electron chi connectivity index (χ2n) is 7.16. The second-order valence-corrected chi connectivity index (χ2v) is 7.16. The Hall–Kier alpha value is -3.53. The zero-order valence-corrected chi connectivity index (χ0v) is 17.1. The van der Waals surface area contributed by atoms with E-state index >= 15 is 0 Å². The smallest absolute Gasteiger partial charge is 0.387 e. The van der Waals surface area contributed by atoms with E-state index < -0.39 is 23.2 Å². The fourth-order valence-corrected chi connectivity index (χ4v) is 3.23. The highest BCUT2D eigenvalue weighted by atomic mass is 19.3. The molecule has 0 aliphatic heterocycles. The van der Waals surface area contributed by atoms with Gasteiger partial charge in [0.05, 0.1) is 27.9 Å². The molecule has 0 amide bonds. The van der Waals surface area contributed by atoms with Crippen molar-refractivity contribution in [1.82, 2.24) is 9.88 Å². The minimum Gasteiger partial charge on any atom is -0.433 e. The zero-order valence-electron chi connectivity index (χ0n) is 17.1. The molecule has 0 saturated carbocycles. The van der Waals surface area contributed by atoms with Crippen LogP contribution in [0.2, 0.25) is 0 Å². The van der Waals surface area contributed by atoms with Crippen LogP contribution in [0, 0.1) is 27.8 Å². The van der Waals surface area contributed by atoms with E-state index in [4.69, 9.17) is 0 Å². The highest BCUT2D eigenvalue weighted by Gasteiger charge is 2.25. The summed E-state index contributed by atoms with van der Waals surface area (Å²) in [7, 11) is 3.41. The Morgan fingerprint density at radius 2 is 1.88 bits per heavy atom. The molecule has 0 spiro atoms. The quantitative estimate of drug-likeness (QED) is 0.276. The number of hydrogen-bond acceptors (Lipinski definition) is 5. The normalized spacial score (nSPS) is 11.2. The Labute approximate surface area is 181 Å². The summed E-state index contributed by atoms with van der Waals surface area (Å²) in [5.74, 6) is -1.71. The first-order valence-corrected chi connectivity index (χ1v) is 9.37. The molecular formula is C22H18F4N3O3. The van der Waals surface area contributed by atoms with Gasteiger partial charge in [-0.3, -0.25) is 15.1 Å². The van der Waals surface area contributed by atoms with Gasteiger partial charge >= 0.3 is 6.61 Å². The number of rotatable bonds is 8. The molecule has 1 heterocycles. The first-order chi connectivity index (χ1) is 15.2. The molecular weight excluding hydrogens is 430 g/mol. The maximum Gasteiger partial charge on any atom is 0.387 e. The number of pyridine rings is 1. The third kappa shape index (κ3) is 5.38. The largest absolute Gasteiger partial charge is 0.433 e. The Morgan fingerprint density at radius 1 is 1.19 bits per heavy atom. The van der Waals surface area contributed by atoms with Gasteiger partial charge in [0.1, 0.15) is 17.4 Å². The fraction of sp³-hybridized carbons (Fsp3) is 0.227. The van der Waals surface area contributed by atoms with Crippen LogP contribution < -0.4 is 4.74 Å². The summed E-state index contributed by atoms with van der Waals surface area (Å²) in [6.07, 6.45) is 0.820. The van der Waals surface area contributed by atoms with Crippen LogP contribution >= 0.6 is 0 Å². The van der Waals surface area contributed by atoms with Crippen molar-refractivity contribution in [2.75, 3.05) is 14.1 Å². The van der Waals surface area contributed by atoms with Crippen LogP contribution in [0.1, 0.15) is 16.7 Å².